The van der Waals surface area contributed by atoms with Crippen LogP contribution in [-0.4, -0.2) is 34.6 Å². The van der Waals surface area contributed by atoms with Crippen molar-refractivity contribution in [3.05, 3.63) is 28.2 Å². The fourth-order valence-electron chi connectivity index (χ4n) is 2.11. The summed E-state index contributed by atoms with van der Waals surface area (Å²) < 4.78 is 27.4. The molecule has 0 bridgehead atoms. The first-order valence-electron chi connectivity index (χ1n) is 5.85. The number of carbonyl (C=O) groups is 2. The molecule has 1 fully saturated rings. The van der Waals surface area contributed by atoms with E-state index in [0.717, 1.165) is 17.0 Å². The first kappa shape index (κ1) is 14.7. The fraction of sp³-hybridized carbons (Fsp3) is 0.333. The third-order valence-corrected chi connectivity index (χ3v) is 3.50. The van der Waals surface area contributed by atoms with Gasteiger partial charge in [0.05, 0.1) is 0 Å². The van der Waals surface area contributed by atoms with E-state index in [1.54, 1.807) is 0 Å². The van der Waals surface area contributed by atoms with Crippen molar-refractivity contribution in [2.45, 2.75) is 18.9 Å². The van der Waals surface area contributed by atoms with Crippen LogP contribution in [0, 0.1) is 11.6 Å². The lowest BCUT2D eigenvalue weighted by Gasteiger charge is -2.22. The van der Waals surface area contributed by atoms with Gasteiger partial charge in [-0.3, -0.25) is 0 Å². The Labute approximate surface area is 121 Å². The van der Waals surface area contributed by atoms with Crippen molar-refractivity contribution >= 4 is 33.6 Å². The standard InChI is InChI=1S/C12H11BrF2N2O3/c13-6-4-7(14)10(8(15)5-6)16-12(20)17-3-1-2-9(17)11(18)19/h4-5,9H,1-3H2,(H,16,20)(H,18,19)/t9-/m1/s1. The molecule has 1 heterocycles. The minimum Gasteiger partial charge on any atom is -0.480 e. The number of aliphatic carboxylic acids is 1. The molecule has 0 spiro atoms. The first-order valence-corrected chi connectivity index (χ1v) is 6.64. The second-order valence-electron chi connectivity index (χ2n) is 4.36. The molecule has 0 radical (unpaired) electrons. The van der Waals surface area contributed by atoms with Crippen LogP contribution in [0.5, 0.6) is 0 Å². The molecular weight excluding hydrogens is 338 g/mol. The molecule has 20 heavy (non-hydrogen) atoms. The average molecular weight is 349 g/mol. The molecule has 2 N–H and O–H groups in total. The van der Waals surface area contributed by atoms with Gasteiger partial charge in [0.2, 0.25) is 0 Å². The van der Waals surface area contributed by atoms with Gasteiger partial charge in [-0.25, -0.2) is 18.4 Å². The van der Waals surface area contributed by atoms with Gasteiger partial charge in [-0.1, -0.05) is 15.9 Å². The highest BCUT2D eigenvalue weighted by molar-refractivity contribution is 9.10. The molecule has 0 aliphatic carbocycles. The van der Waals surface area contributed by atoms with Crippen molar-refractivity contribution in [2.75, 3.05) is 11.9 Å². The summed E-state index contributed by atoms with van der Waals surface area (Å²) in [7, 11) is 0. The van der Waals surface area contributed by atoms with Crippen molar-refractivity contribution in [1.29, 1.82) is 0 Å². The number of hydrogen-bond acceptors (Lipinski definition) is 2. The summed E-state index contributed by atoms with van der Waals surface area (Å²) in [6.45, 7) is 0.239. The SMILES string of the molecule is O=C(O)[C@H]1CCCN1C(=O)Nc1c(F)cc(Br)cc1F. The molecular formula is C12H11BrF2N2O3. The molecule has 1 aromatic carbocycles. The molecule has 2 rings (SSSR count). The van der Waals surface area contributed by atoms with E-state index >= 15 is 0 Å². The number of nitrogens with one attached hydrogen (secondary N) is 1. The zero-order valence-corrected chi connectivity index (χ0v) is 11.8. The highest BCUT2D eigenvalue weighted by Gasteiger charge is 2.34. The van der Waals surface area contributed by atoms with Crippen LogP contribution < -0.4 is 5.32 Å². The van der Waals surface area contributed by atoms with Gasteiger partial charge in [-0.2, -0.15) is 0 Å². The number of carbonyl (C=O) groups excluding carboxylic acids is 1. The lowest BCUT2D eigenvalue weighted by molar-refractivity contribution is -0.141. The fourth-order valence-corrected chi connectivity index (χ4v) is 2.51. The Kier molecular flexibility index (Phi) is 4.22. The van der Waals surface area contributed by atoms with Crippen LogP contribution in [0.4, 0.5) is 19.3 Å². The van der Waals surface area contributed by atoms with Crippen LogP contribution >= 0.6 is 15.9 Å². The topological polar surface area (TPSA) is 69.6 Å². The van der Waals surface area contributed by atoms with E-state index in [1.807, 2.05) is 0 Å². The van der Waals surface area contributed by atoms with Crippen LogP contribution in [0.25, 0.3) is 0 Å². The van der Waals surface area contributed by atoms with E-state index in [1.165, 1.54) is 0 Å². The van der Waals surface area contributed by atoms with E-state index in [4.69, 9.17) is 5.11 Å². The molecule has 8 heteroatoms. The Hall–Kier alpha value is -1.70. The van der Waals surface area contributed by atoms with Crippen molar-refractivity contribution in [1.82, 2.24) is 4.90 Å². The van der Waals surface area contributed by atoms with E-state index in [9.17, 15) is 18.4 Å². The van der Waals surface area contributed by atoms with Gasteiger partial charge in [-0.15, -0.1) is 0 Å². The first-order chi connectivity index (χ1) is 9.40. The highest BCUT2D eigenvalue weighted by Crippen LogP contribution is 2.25. The van der Waals surface area contributed by atoms with E-state index < -0.39 is 35.4 Å². The summed E-state index contributed by atoms with van der Waals surface area (Å²) in [5, 5.41) is 11.1. The molecule has 108 valence electrons. The second-order valence-corrected chi connectivity index (χ2v) is 5.28. The van der Waals surface area contributed by atoms with Crippen molar-refractivity contribution in [3.63, 3.8) is 0 Å². The summed E-state index contributed by atoms with van der Waals surface area (Å²) in [5.41, 5.74) is -0.589. The van der Waals surface area contributed by atoms with Gasteiger partial charge in [0.1, 0.15) is 11.7 Å². The Morgan fingerprint density at radius 1 is 1.35 bits per heavy atom. The van der Waals surface area contributed by atoms with Crippen molar-refractivity contribution < 1.29 is 23.5 Å². The molecule has 0 saturated carbocycles. The predicted molar refractivity (Wildman–Crippen MR) is 70.4 cm³/mol. The van der Waals surface area contributed by atoms with Gasteiger partial charge in [0, 0.05) is 11.0 Å². The van der Waals surface area contributed by atoms with Crippen molar-refractivity contribution in [3.8, 4) is 0 Å². The summed E-state index contributed by atoms with van der Waals surface area (Å²) in [5.74, 6) is -3.00. The normalized spacial score (nSPS) is 18.1. The predicted octanol–water partition coefficient (Wildman–Crippen LogP) is 2.81. The Morgan fingerprint density at radius 3 is 2.50 bits per heavy atom. The average Bonchev–Trinajstić information content (AvgIpc) is 2.82. The third kappa shape index (κ3) is 2.90. The Bertz CT molecular complexity index is 545. The number of rotatable bonds is 2. The van der Waals surface area contributed by atoms with Gasteiger partial charge in [0.25, 0.3) is 0 Å². The van der Waals surface area contributed by atoms with Crippen LogP contribution in [0.2, 0.25) is 0 Å². The Balaban J connectivity index is 2.18. The van der Waals surface area contributed by atoms with Crippen LogP contribution in [0.3, 0.4) is 0 Å². The largest absolute Gasteiger partial charge is 0.480 e. The number of likely N-dealkylation sites (tertiary alicyclic amines) is 1. The minimum atomic E-state index is -1.13. The third-order valence-electron chi connectivity index (χ3n) is 3.04. The number of carboxylic acid groups (broad SMARTS) is 1. The summed E-state index contributed by atoms with van der Waals surface area (Å²) in [6, 6.07) is 0.237. The summed E-state index contributed by atoms with van der Waals surface area (Å²) in [4.78, 5) is 24.0. The zero-order valence-electron chi connectivity index (χ0n) is 10.2. The molecule has 5 nitrogen and oxygen atoms in total. The van der Waals surface area contributed by atoms with Gasteiger partial charge in [-0.05, 0) is 25.0 Å². The van der Waals surface area contributed by atoms with Crippen molar-refractivity contribution in [2.24, 2.45) is 0 Å². The number of amides is 2. The number of halogens is 3. The van der Waals surface area contributed by atoms with Gasteiger partial charge < -0.3 is 15.3 Å². The lowest BCUT2D eigenvalue weighted by atomic mass is 10.2. The van der Waals surface area contributed by atoms with Gasteiger partial charge >= 0.3 is 12.0 Å². The molecule has 1 aliphatic heterocycles. The highest BCUT2D eigenvalue weighted by atomic mass is 79.9. The number of anilines is 1. The van der Waals surface area contributed by atoms with E-state index in [2.05, 4.69) is 21.2 Å². The van der Waals surface area contributed by atoms with Crippen LogP contribution in [-0.2, 0) is 4.79 Å². The maximum atomic E-state index is 13.6. The number of carboxylic acids is 1. The maximum absolute atomic E-state index is 13.6. The van der Waals surface area contributed by atoms with E-state index in [0.29, 0.717) is 12.8 Å². The molecule has 1 atom stereocenters. The molecule has 0 aromatic heterocycles. The molecule has 1 saturated heterocycles. The molecule has 2 amide bonds. The smallest absolute Gasteiger partial charge is 0.326 e. The van der Waals surface area contributed by atoms with Crippen LogP contribution in [0.15, 0.2) is 16.6 Å². The lowest BCUT2D eigenvalue weighted by Crippen LogP contribution is -2.43. The quantitative estimate of drug-likeness (QED) is 0.863. The Morgan fingerprint density at radius 2 is 1.95 bits per heavy atom. The van der Waals surface area contributed by atoms with E-state index in [-0.39, 0.29) is 11.0 Å². The second kappa shape index (κ2) is 5.74. The molecule has 1 aromatic rings. The summed E-state index contributed by atoms with van der Waals surface area (Å²) in [6.07, 6.45) is 0.865. The number of benzene rings is 1. The molecule has 1 aliphatic rings. The number of hydrogen-bond donors (Lipinski definition) is 2. The summed E-state index contributed by atoms with van der Waals surface area (Å²) >= 11 is 2.93. The zero-order chi connectivity index (χ0) is 14.9. The monoisotopic (exact) mass is 348 g/mol. The minimum absolute atomic E-state index is 0.204. The number of nitrogens with zero attached hydrogens (tertiary/aromatic N) is 1. The van der Waals surface area contributed by atoms with Gasteiger partial charge in [0.15, 0.2) is 11.6 Å². The maximum Gasteiger partial charge on any atom is 0.326 e. The van der Waals surface area contributed by atoms with Crippen LogP contribution in [0.1, 0.15) is 12.8 Å². The molecule has 0 unspecified atom stereocenters. The number of urea groups is 1.